The molecule has 1 fully saturated rings. The highest BCUT2D eigenvalue weighted by Gasteiger charge is 2.22. The summed E-state index contributed by atoms with van der Waals surface area (Å²) < 4.78 is 2.36. The van der Waals surface area contributed by atoms with Gasteiger partial charge in [0.05, 0.1) is 0 Å². The van der Waals surface area contributed by atoms with E-state index in [9.17, 15) is 0 Å². The van der Waals surface area contributed by atoms with Crippen molar-refractivity contribution in [2.24, 2.45) is 5.92 Å². The third-order valence-corrected chi connectivity index (χ3v) is 3.40. The highest BCUT2D eigenvalue weighted by Crippen LogP contribution is 2.32. The van der Waals surface area contributed by atoms with E-state index in [0.717, 1.165) is 18.9 Å². The smallest absolute Gasteiger partial charge is 0.0483 e. The van der Waals surface area contributed by atoms with Crippen LogP contribution in [0.4, 0.5) is 0 Å². The van der Waals surface area contributed by atoms with E-state index in [1.165, 1.54) is 29.3 Å². The molecule has 3 rings (SSSR count). The number of aliphatic hydroxyl groups is 1. The molecule has 1 heterocycles. The molecule has 1 aliphatic rings. The fraction of sp³-hybridized carbons (Fsp3) is 0.429. The summed E-state index contributed by atoms with van der Waals surface area (Å²) in [4.78, 5) is 0. The summed E-state index contributed by atoms with van der Waals surface area (Å²) in [5.41, 5.74) is 2.59. The Kier molecular flexibility index (Phi) is 2.44. The maximum atomic E-state index is 9.07. The predicted octanol–water partition coefficient (Wildman–Crippen LogP) is 2.59. The fourth-order valence-electron chi connectivity index (χ4n) is 2.37. The largest absolute Gasteiger partial charge is 0.396 e. The van der Waals surface area contributed by atoms with Crippen LogP contribution in [0.3, 0.4) is 0 Å². The zero-order chi connectivity index (χ0) is 11.0. The second kappa shape index (κ2) is 3.95. The number of aromatic nitrogens is 1. The number of benzene rings is 1. The van der Waals surface area contributed by atoms with E-state index in [0.29, 0.717) is 0 Å². The molecule has 1 saturated carbocycles. The van der Waals surface area contributed by atoms with Crippen LogP contribution in [0.5, 0.6) is 0 Å². The summed E-state index contributed by atoms with van der Waals surface area (Å²) in [7, 11) is 0. The average molecular weight is 215 g/mol. The molecule has 1 aromatic heterocycles. The SMILES string of the molecule is OCCc1cn(CC2CC2)c2ccccc12. The molecule has 1 aromatic carbocycles. The maximum Gasteiger partial charge on any atom is 0.0483 e. The average Bonchev–Trinajstić information content (AvgIpc) is 3.05. The van der Waals surface area contributed by atoms with Gasteiger partial charge >= 0.3 is 0 Å². The summed E-state index contributed by atoms with van der Waals surface area (Å²) in [6.07, 6.45) is 5.74. The van der Waals surface area contributed by atoms with Crippen LogP contribution in [0.15, 0.2) is 30.5 Å². The van der Waals surface area contributed by atoms with Gasteiger partial charge in [-0.2, -0.15) is 0 Å². The van der Waals surface area contributed by atoms with Crippen molar-refractivity contribution in [1.29, 1.82) is 0 Å². The molecule has 0 aliphatic heterocycles. The van der Waals surface area contributed by atoms with Crippen LogP contribution >= 0.6 is 0 Å². The van der Waals surface area contributed by atoms with Crippen LogP contribution in [-0.2, 0) is 13.0 Å². The van der Waals surface area contributed by atoms with Crippen LogP contribution in [0.25, 0.3) is 10.9 Å². The first-order chi connectivity index (χ1) is 7.88. The van der Waals surface area contributed by atoms with Crippen molar-refractivity contribution in [2.75, 3.05) is 6.61 Å². The van der Waals surface area contributed by atoms with E-state index >= 15 is 0 Å². The van der Waals surface area contributed by atoms with Gasteiger partial charge in [0.15, 0.2) is 0 Å². The van der Waals surface area contributed by atoms with Crippen molar-refractivity contribution in [1.82, 2.24) is 4.57 Å². The molecule has 0 radical (unpaired) electrons. The summed E-state index contributed by atoms with van der Waals surface area (Å²) in [5.74, 6) is 0.887. The minimum Gasteiger partial charge on any atom is -0.396 e. The van der Waals surface area contributed by atoms with Gasteiger partial charge in [0, 0.05) is 30.3 Å². The number of aliphatic hydroxyl groups excluding tert-OH is 1. The van der Waals surface area contributed by atoms with Crippen molar-refractivity contribution in [2.45, 2.75) is 25.8 Å². The highest BCUT2D eigenvalue weighted by atomic mass is 16.2. The van der Waals surface area contributed by atoms with Crippen molar-refractivity contribution in [3.63, 3.8) is 0 Å². The lowest BCUT2D eigenvalue weighted by Crippen LogP contribution is -1.97. The zero-order valence-electron chi connectivity index (χ0n) is 9.39. The van der Waals surface area contributed by atoms with Crippen LogP contribution in [0.2, 0.25) is 0 Å². The van der Waals surface area contributed by atoms with E-state index in [-0.39, 0.29) is 6.61 Å². The Bertz CT molecular complexity index is 496. The molecule has 0 spiro atoms. The van der Waals surface area contributed by atoms with E-state index in [1.807, 2.05) is 0 Å². The Morgan fingerprint density at radius 2 is 2.06 bits per heavy atom. The molecular weight excluding hydrogens is 198 g/mol. The third kappa shape index (κ3) is 1.74. The number of fused-ring (bicyclic) bond motifs is 1. The first-order valence-electron chi connectivity index (χ1n) is 6.06. The first kappa shape index (κ1) is 9.91. The Hall–Kier alpha value is -1.28. The number of hydrogen-bond donors (Lipinski definition) is 1. The number of para-hydroxylation sites is 1. The Labute approximate surface area is 95.5 Å². The Morgan fingerprint density at radius 1 is 1.25 bits per heavy atom. The van der Waals surface area contributed by atoms with Crippen LogP contribution in [-0.4, -0.2) is 16.3 Å². The normalized spacial score (nSPS) is 15.8. The van der Waals surface area contributed by atoms with Gasteiger partial charge < -0.3 is 9.67 Å². The Balaban J connectivity index is 2.05. The number of rotatable bonds is 4. The van der Waals surface area contributed by atoms with Crippen molar-refractivity contribution in [3.05, 3.63) is 36.0 Å². The summed E-state index contributed by atoms with van der Waals surface area (Å²) in [6.45, 7) is 1.38. The van der Waals surface area contributed by atoms with Gasteiger partial charge in [-0.25, -0.2) is 0 Å². The van der Waals surface area contributed by atoms with Gasteiger partial charge in [-0.05, 0) is 36.8 Å². The lowest BCUT2D eigenvalue weighted by atomic mass is 10.1. The van der Waals surface area contributed by atoms with Gasteiger partial charge in [-0.15, -0.1) is 0 Å². The van der Waals surface area contributed by atoms with Gasteiger partial charge in [-0.1, -0.05) is 18.2 Å². The van der Waals surface area contributed by atoms with E-state index in [1.54, 1.807) is 0 Å². The molecule has 2 nitrogen and oxygen atoms in total. The molecule has 1 N–H and O–H groups in total. The van der Waals surface area contributed by atoms with Crippen LogP contribution < -0.4 is 0 Å². The molecule has 0 bridgehead atoms. The molecule has 84 valence electrons. The monoisotopic (exact) mass is 215 g/mol. The molecule has 0 atom stereocenters. The lowest BCUT2D eigenvalue weighted by Gasteiger charge is -2.02. The summed E-state index contributed by atoms with van der Waals surface area (Å²) in [6, 6.07) is 8.50. The third-order valence-electron chi connectivity index (χ3n) is 3.40. The summed E-state index contributed by atoms with van der Waals surface area (Å²) in [5, 5.41) is 10.4. The first-order valence-corrected chi connectivity index (χ1v) is 6.06. The fourth-order valence-corrected chi connectivity index (χ4v) is 2.37. The quantitative estimate of drug-likeness (QED) is 0.833. The minimum atomic E-state index is 0.234. The van der Waals surface area contributed by atoms with Crippen molar-refractivity contribution < 1.29 is 5.11 Å². The molecule has 2 aromatic rings. The van der Waals surface area contributed by atoms with E-state index in [2.05, 4.69) is 35.0 Å². The summed E-state index contributed by atoms with van der Waals surface area (Å²) >= 11 is 0. The number of hydrogen-bond acceptors (Lipinski definition) is 1. The topological polar surface area (TPSA) is 25.2 Å². The van der Waals surface area contributed by atoms with Crippen LogP contribution in [0, 0.1) is 5.92 Å². The van der Waals surface area contributed by atoms with Gasteiger partial charge in [0.25, 0.3) is 0 Å². The van der Waals surface area contributed by atoms with Crippen molar-refractivity contribution >= 4 is 10.9 Å². The molecule has 0 unspecified atom stereocenters. The second-order valence-corrected chi connectivity index (χ2v) is 4.74. The molecule has 16 heavy (non-hydrogen) atoms. The molecule has 0 saturated heterocycles. The van der Waals surface area contributed by atoms with E-state index < -0.39 is 0 Å². The molecule has 1 aliphatic carbocycles. The minimum absolute atomic E-state index is 0.234. The predicted molar refractivity (Wildman–Crippen MR) is 65.5 cm³/mol. The number of nitrogens with zero attached hydrogens (tertiary/aromatic N) is 1. The van der Waals surface area contributed by atoms with Crippen molar-refractivity contribution in [3.8, 4) is 0 Å². The zero-order valence-corrected chi connectivity index (χ0v) is 9.39. The molecular formula is C14H17NO. The maximum absolute atomic E-state index is 9.07. The molecule has 2 heteroatoms. The molecule has 0 amide bonds. The Morgan fingerprint density at radius 3 is 2.81 bits per heavy atom. The highest BCUT2D eigenvalue weighted by molar-refractivity contribution is 5.84. The lowest BCUT2D eigenvalue weighted by molar-refractivity contribution is 0.300. The van der Waals surface area contributed by atoms with Crippen LogP contribution in [0.1, 0.15) is 18.4 Å². The van der Waals surface area contributed by atoms with E-state index in [4.69, 9.17) is 5.11 Å². The van der Waals surface area contributed by atoms with Gasteiger partial charge in [-0.3, -0.25) is 0 Å². The van der Waals surface area contributed by atoms with Gasteiger partial charge in [0.1, 0.15) is 0 Å². The standard InChI is InChI=1S/C14H17NO/c16-8-7-12-10-15(9-11-5-6-11)14-4-2-1-3-13(12)14/h1-4,10-11,16H,5-9H2. The second-order valence-electron chi connectivity index (χ2n) is 4.74. The van der Waals surface area contributed by atoms with Gasteiger partial charge in [0.2, 0.25) is 0 Å².